The summed E-state index contributed by atoms with van der Waals surface area (Å²) in [6.07, 6.45) is 1.32. The molecule has 3 aromatic rings. The minimum Gasteiger partial charge on any atom is -0.464 e. The summed E-state index contributed by atoms with van der Waals surface area (Å²) in [6, 6.07) is 15.2. The number of piperazine rings is 1. The number of benzene rings is 2. The Hall–Kier alpha value is -3.08. The van der Waals surface area contributed by atoms with Crippen LogP contribution in [-0.4, -0.2) is 48.8 Å². The van der Waals surface area contributed by atoms with Crippen molar-refractivity contribution in [2.45, 2.75) is 32.4 Å². The van der Waals surface area contributed by atoms with Gasteiger partial charge in [0.05, 0.1) is 36.4 Å². The third kappa shape index (κ3) is 4.29. The molecule has 170 valence electrons. The zero-order valence-electron chi connectivity index (χ0n) is 18.7. The molecule has 8 heteroatoms. The van der Waals surface area contributed by atoms with Crippen molar-refractivity contribution in [1.82, 2.24) is 15.3 Å². The molecule has 1 N–H and O–H groups in total. The molecular weight excluding hydrogens is 436 g/mol. The first-order valence-corrected chi connectivity index (χ1v) is 11.9. The Balaban J connectivity index is 1.51. The van der Waals surface area contributed by atoms with E-state index in [1.165, 1.54) is 5.56 Å². The number of nitrogens with zero attached hydrogens (tertiary/aromatic N) is 5. The lowest BCUT2D eigenvalue weighted by atomic mass is 10.0. The van der Waals surface area contributed by atoms with E-state index in [0.29, 0.717) is 25.6 Å². The molecule has 2 aliphatic heterocycles. The number of nitriles is 1. The number of anilines is 2. The summed E-state index contributed by atoms with van der Waals surface area (Å²) in [7, 11) is 0. The smallest absolute Gasteiger partial charge is 0.318 e. The van der Waals surface area contributed by atoms with E-state index >= 15 is 0 Å². The Labute approximate surface area is 198 Å². The Bertz CT molecular complexity index is 1200. The molecular formula is C25H27ClN6O. The van der Waals surface area contributed by atoms with Gasteiger partial charge in [-0.15, -0.1) is 0 Å². The molecule has 1 saturated heterocycles. The fourth-order valence-corrected chi connectivity index (χ4v) is 5.13. The van der Waals surface area contributed by atoms with Crippen LogP contribution < -0.4 is 19.9 Å². The van der Waals surface area contributed by atoms with Crippen LogP contribution in [0.2, 0.25) is 5.02 Å². The quantitative estimate of drug-likeness (QED) is 0.615. The van der Waals surface area contributed by atoms with E-state index in [9.17, 15) is 0 Å². The molecule has 7 nitrogen and oxygen atoms in total. The summed E-state index contributed by atoms with van der Waals surface area (Å²) < 4.78 is 5.75. The van der Waals surface area contributed by atoms with Crippen LogP contribution in [0.3, 0.4) is 0 Å². The molecule has 0 spiro atoms. The highest BCUT2D eigenvalue weighted by atomic mass is 35.5. The Morgan fingerprint density at radius 2 is 2.03 bits per heavy atom. The summed E-state index contributed by atoms with van der Waals surface area (Å²) >= 11 is 6.61. The second kappa shape index (κ2) is 9.42. The summed E-state index contributed by atoms with van der Waals surface area (Å²) in [4.78, 5) is 14.2. The van der Waals surface area contributed by atoms with Gasteiger partial charge in [0.25, 0.3) is 0 Å². The molecule has 33 heavy (non-hydrogen) atoms. The highest BCUT2D eigenvalue weighted by Gasteiger charge is 2.29. The zero-order valence-corrected chi connectivity index (χ0v) is 19.5. The van der Waals surface area contributed by atoms with E-state index in [1.54, 1.807) is 0 Å². The molecule has 5 rings (SSSR count). The van der Waals surface area contributed by atoms with Crippen LogP contribution in [0.15, 0.2) is 36.4 Å². The van der Waals surface area contributed by atoms with Gasteiger partial charge < -0.3 is 19.9 Å². The number of fused-ring (bicyclic) bond motifs is 2. The van der Waals surface area contributed by atoms with Crippen LogP contribution in [0, 0.1) is 11.3 Å². The number of hydrogen-bond acceptors (Lipinski definition) is 7. The van der Waals surface area contributed by atoms with Crippen LogP contribution in [0.1, 0.15) is 24.6 Å². The minimum atomic E-state index is 0.142. The number of nitrogens with one attached hydrogen (secondary N) is 1. The van der Waals surface area contributed by atoms with E-state index in [-0.39, 0.29) is 6.04 Å². The highest BCUT2D eigenvalue weighted by Crippen LogP contribution is 2.37. The molecule has 2 aromatic carbocycles. The van der Waals surface area contributed by atoms with Gasteiger partial charge in [-0.25, -0.2) is 0 Å². The van der Waals surface area contributed by atoms with Gasteiger partial charge in [-0.1, -0.05) is 35.9 Å². The van der Waals surface area contributed by atoms with Crippen molar-refractivity contribution in [2.75, 3.05) is 42.6 Å². The van der Waals surface area contributed by atoms with Gasteiger partial charge in [-0.3, -0.25) is 0 Å². The summed E-state index contributed by atoms with van der Waals surface area (Å²) in [5.74, 6) is 0.948. The predicted octanol–water partition coefficient (Wildman–Crippen LogP) is 3.94. The first-order valence-electron chi connectivity index (χ1n) is 11.5. The molecule has 1 aromatic heterocycles. The maximum absolute atomic E-state index is 9.14. The fraction of sp³-hybridized carbons (Fsp3) is 0.400. The molecule has 0 saturated carbocycles. The van der Waals surface area contributed by atoms with Crippen molar-refractivity contribution in [3.8, 4) is 12.1 Å². The van der Waals surface area contributed by atoms with Crippen LogP contribution in [0.25, 0.3) is 10.8 Å². The van der Waals surface area contributed by atoms with E-state index in [4.69, 9.17) is 31.6 Å². The summed E-state index contributed by atoms with van der Waals surface area (Å²) in [5.41, 5.74) is 3.30. The van der Waals surface area contributed by atoms with Crippen molar-refractivity contribution in [2.24, 2.45) is 0 Å². The number of aromatic nitrogens is 2. The molecule has 2 aliphatic rings. The standard InChI is InChI=1S/C25H27ClN6O/c1-2-33-25-29-21-16-31(22-8-4-6-17-5-3-7-20(26)23(17)22)13-10-19(21)24(30-25)32-14-12-28-18(15-32)9-11-27/h3-8,18,28H,2,9-10,12-16H2,1H3/t18-/m0/s1. The Kier molecular flexibility index (Phi) is 6.21. The Morgan fingerprint density at radius 3 is 2.85 bits per heavy atom. The lowest BCUT2D eigenvalue weighted by Gasteiger charge is -2.37. The first-order chi connectivity index (χ1) is 16.2. The summed E-state index contributed by atoms with van der Waals surface area (Å²) in [6.45, 7) is 6.42. The number of rotatable bonds is 5. The highest BCUT2D eigenvalue weighted by molar-refractivity contribution is 6.36. The molecule has 1 atom stereocenters. The Morgan fingerprint density at radius 1 is 1.18 bits per heavy atom. The second-order valence-electron chi connectivity index (χ2n) is 8.43. The normalized spacial score (nSPS) is 18.2. The van der Waals surface area contributed by atoms with Crippen molar-refractivity contribution >= 4 is 33.9 Å². The SMILES string of the molecule is CCOc1nc2c(c(N3CCN[C@@H](CC#N)C3)n1)CCN(c1cccc3cccc(Cl)c13)C2. The summed E-state index contributed by atoms with van der Waals surface area (Å²) in [5, 5.41) is 15.5. The molecule has 0 radical (unpaired) electrons. The third-order valence-corrected chi connectivity index (χ3v) is 6.68. The van der Waals surface area contributed by atoms with Gasteiger partial charge in [0.15, 0.2) is 0 Å². The maximum Gasteiger partial charge on any atom is 0.318 e. The van der Waals surface area contributed by atoms with Gasteiger partial charge in [-0.2, -0.15) is 15.2 Å². The van der Waals surface area contributed by atoms with Crippen molar-refractivity contribution in [1.29, 1.82) is 5.26 Å². The number of halogens is 1. The second-order valence-corrected chi connectivity index (χ2v) is 8.84. The van der Waals surface area contributed by atoms with E-state index in [0.717, 1.165) is 65.6 Å². The molecule has 1 fully saturated rings. The topological polar surface area (TPSA) is 77.3 Å². The first kappa shape index (κ1) is 21.7. The van der Waals surface area contributed by atoms with E-state index in [1.807, 2.05) is 19.1 Å². The predicted molar refractivity (Wildman–Crippen MR) is 131 cm³/mol. The molecule has 0 unspecified atom stereocenters. The monoisotopic (exact) mass is 462 g/mol. The van der Waals surface area contributed by atoms with Crippen molar-refractivity contribution in [3.63, 3.8) is 0 Å². The van der Waals surface area contributed by atoms with Gasteiger partial charge in [0.2, 0.25) is 0 Å². The van der Waals surface area contributed by atoms with Crippen LogP contribution in [-0.2, 0) is 13.0 Å². The third-order valence-electron chi connectivity index (χ3n) is 6.36. The largest absolute Gasteiger partial charge is 0.464 e. The fourth-order valence-electron chi connectivity index (χ4n) is 4.85. The molecule has 3 heterocycles. The number of ether oxygens (including phenoxy) is 1. The van der Waals surface area contributed by atoms with Crippen LogP contribution in [0.5, 0.6) is 6.01 Å². The number of hydrogen-bond donors (Lipinski definition) is 1. The maximum atomic E-state index is 9.14. The lowest BCUT2D eigenvalue weighted by Crippen LogP contribution is -2.51. The zero-order chi connectivity index (χ0) is 22.8. The average molecular weight is 463 g/mol. The molecule has 0 amide bonds. The molecule has 0 aliphatic carbocycles. The van der Waals surface area contributed by atoms with Crippen LogP contribution in [0.4, 0.5) is 11.5 Å². The van der Waals surface area contributed by atoms with Crippen LogP contribution >= 0.6 is 11.6 Å². The van der Waals surface area contributed by atoms with Gasteiger partial charge in [0.1, 0.15) is 5.82 Å². The average Bonchev–Trinajstić information content (AvgIpc) is 2.84. The van der Waals surface area contributed by atoms with Gasteiger partial charge in [-0.05, 0) is 30.9 Å². The minimum absolute atomic E-state index is 0.142. The van der Waals surface area contributed by atoms with Gasteiger partial charge in [0, 0.05) is 48.9 Å². The molecule has 0 bridgehead atoms. The van der Waals surface area contributed by atoms with E-state index in [2.05, 4.69) is 45.5 Å². The van der Waals surface area contributed by atoms with E-state index < -0.39 is 0 Å². The van der Waals surface area contributed by atoms with Crippen molar-refractivity contribution < 1.29 is 4.74 Å². The van der Waals surface area contributed by atoms with Gasteiger partial charge >= 0.3 is 6.01 Å². The lowest BCUT2D eigenvalue weighted by molar-refractivity contribution is 0.310. The van der Waals surface area contributed by atoms with Crippen molar-refractivity contribution in [3.05, 3.63) is 52.7 Å².